The molecule has 0 spiro atoms. The maximum Gasteiger partial charge on any atom is 0.326 e. The molecule has 0 aliphatic carbocycles. The van der Waals surface area contributed by atoms with Gasteiger partial charge in [0.05, 0.1) is 12.2 Å². The van der Waals surface area contributed by atoms with Crippen molar-refractivity contribution in [1.82, 2.24) is 14.7 Å². The van der Waals surface area contributed by atoms with E-state index < -0.39 is 12.0 Å². The van der Waals surface area contributed by atoms with Gasteiger partial charge in [-0.25, -0.2) is 4.79 Å². The molecule has 0 bridgehead atoms. The molecule has 150 valence electrons. The van der Waals surface area contributed by atoms with Crippen LogP contribution in [0.1, 0.15) is 39.8 Å². The lowest BCUT2D eigenvalue weighted by Gasteiger charge is -2.27. The second-order valence-corrected chi connectivity index (χ2v) is 7.21. The number of benzene rings is 2. The lowest BCUT2D eigenvalue weighted by molar-refractivity contribution is -0.141. The number of aliphatic carboxylic acids is 1. The number of carboxylic acids is 1. The minimum atomic E-state index is -1.03. The van der Waals surface area contributed by atoms with Crippen molar-refractivity contribution in [2.24, 2.45) is 0 Å². The number of carboxylic acid groups (broad SMARTS) is 1. The van der Waals surface area contributed by atoms with Crippen molar-refractivity contribution in [3.63, 3.8) is 0 Å². The number of nitrogens with zero attached hydrogens (tertiary/aromatic N) is 3. The van der Waals surface area contributed by atoms with E-state index in [0.29, 0.717) is 12.1 Å². The van der Waals surface area contributed by atoms with Crippen LogP contribution in [0, 0.1) is 13.8 Å². The van der Waals surface area contributed by atoms with E-state index in [-0.39, 0.29) is 12.5 Å². The summed E-state index contributed by atoms with van der Waals surface area (Å²) in [6.07, 6.45) is 0. The zero-order chi connectivity index (χ0) is 21.0. The Kier molecular flexibility index (Phi) is 6.12. The molecule has 6 nitrogen and oxygen atoms in total. The van der Waals surface area contributed by atoms with Crippen LogP contribution in [0.25, 0.3) is 0 Å². The zero-order valence-electron chi connectivity index (χ0n) is 16.9. The zero-order valence-corrected chi connectivity index (χ0v) is 16.9. The van der Waals surface area contributed by atoms with Gasteiger partial charge in [-0.05, 0) is 50.1 Å². The summed E-state index contributed by atoms with van der Waals surface area (Å²) < 4.78 is 1.92. The molecule has 0 saturated heterocycles. The normalized spacial score (nSPS) is 11.8. The standard InChI is InChI=1S/C23H25N3O3/c1-16-13-17(2)26(24-16)15-20-9-11-21(12-10-20)22(27)25(18(3)23(28)29)14-19-7-5-4-6-8-19/h4-13,18H,14-15H2,1-3H3,(H,28,29). The molecule has 1 amide bonds. The van der Waals surface area contributed by atoms with E-state index >= 15 is 0 Å². The maximum absolute atomic E-state index is 13.1. The molecule has 1 unspecified atom stereocenters. The van der Waals surface area contributed by atoms with Crippen molar-refractivity contribution in [2.45, 2.75) is 39.9 Å². The summed E-state index contributed by atoms with van der Waals surface area (Å²) in [5, 5.41) is 13.9. The van der Waals surface area contributed by atoms with Crippen LogP contribution in [0.15, 0.2) is 60.7 Å². The fourth-order valence-electron chi connectivity index (χ4n) is 3.22. The molecule has 3 aromatic rings. The lowest BCUT2D eigenvalue weighted by atomic mass is 10.1. The van der Waals surface area contributed by atoms with Crippen molar-refractivity contribution in [3.8, 4) is 0 Å². The van der Waals surface area contributed by atoms with Crippen molar-refractivity contribution in [3.05, 3.63) is 88.7 Å². The van der Waals surface area contributed by atoms with Gasteiger partial charge < -0.3 is 10.0 Å². The van der Waals surface area contributed by atoms with Crippen LogP contribution in [0.3, 0.4) is 0 Å². The molecule has 1 heterocycles. The summed E-state index contributed by atoms with van der Waals surface area (Å²) in [4.78, 5) is 26.0. The van der Waals surface area contributed by atoms with Crippen molar-refractivity contribution < 1.29 is 14.7 Å². The summed E-state index contributed by atoms with van der Waals surface area (Å²) in [6.45, 7) is 6.34. The Morgan fingerprint density at radius 3 is 2.24 bits per heavy atom. The van der Waals surface area contributed by atoms with E-state index in [1.807, 2.05) is 67.1 Å². The van der Waals surface area contributed by atoms with Gasteiger partial charge in [-0.2, -0.15) is 5.10 Å². The quantitative estimate of drug-likeness (QED) is 0.667. The first-order valence-corrected chi connectivity index (χ1v) is 9.53. The van der Waals surface area contributed by atoms with Crippen molar-refractivity contribution >= 4 is 11.9 Å². The third-order valence-electron chi connectivity index (χ3n) is 4.92. The molecule has 29 heavy (non-hydrogen) atoms. The number of amides is 1. The second-order valence-electron chi connectivity index (χ2n) is 7.21. The predicted octanol–water partition coefficient (Wildman–Crippen LogP) is 3.66. The lowest BCUT2D eigenvalue weighted by Crippen LogP contribution is -2.42. The Hall–Kier alpha value is -3.41. The molecule has 2 aromatic carbocycles. The minimum Gasteiger partial charge on any atom is -0.480 e. The molecule has 0 aliphatic rings. The Bertz CT molecular complexity index is 994. The molecule has 0 saturated carbocycles. The Morgan fingerprint density at radius 2 is 1.69 bits per heavy atom. The fraction of sp³-hybridized carbons (Fsp3) is 0.261. The van der Waals surface area contributed by atoms with Gasteiger partial charge in [-0.3, -0.25) is 9.48 Å². The first-order chi connectivity index (χ1) is 13.8. The number of carbonyl (C=O) groups excluding carboxylic acids is 1. The average Bonchev–Trinajstić information content (AvgIpc) is 3.03. The van der Waals surface area contributed by atoms with Crippen molar-refractivity contribution in [2.75, 3.05) is 0 Å². The largest absolute Gasteiger partial charge is 0.480 e. The van der Waals surface area contributed by atoms with Crippen LogP contribution in [0.2, 0.25) is 0 Å². The molecule has 6 heteroatoms. The van der Waals surface area contributed by atoms with Gasteiger partial charge in [0.25, 0.3) is 5.91 Å². The fourth-order valence-corrected chi connectivity index (χ4v) is 3.22. The molecule has 3 rings (SSSR count). The monoisotopic (exact) mass is 391 g/mol. The number of rotatable bonds is 7. The van der Waals surface area contributed by atoms with Crippen LogP contribution in [-0.4, -0.2) is 37.7 Å². The van der Waals surface area contributed by atoms with Crippen LogP contribution < -0.4 is 0 Å². The summed E-state index contributed by atoms with van der Waals surface area (Å²) in [6, 6.07) is 17.7. The number of hydrogen-bond acceptors (Lipinski definition) is 3. The Balaban J connectivity index is 1.79. The van der Waals surface area contributed by atoms with Crippen LogP contribution in [0.4, 0.5) is 0 Å². The number of carbonyl (C=O) groups is 2. The molecule has 1 N–H and O–H groups in total. The third-order valence-corrected chi connectivity index (χ3v) is 4.92. The summed E-state index contributed by atoms with van der Waals surface area (Å²) in [7, 11) is 0. The van der Waals surface area contributed by atoms with Gasteiger partial charge in [0.2, 0.25) is 0 Å². The van der Waals surface area contributed by atoms with E-state index in [1.165, 1.54) is 11.8 Å². The highest BCUT2D eigenvalue weighted by molar-refractivity contribution is 5.96. The second kappa shape index (κ2) is 8.73. The highest BCUT2D eigenvalue weighted by Crippen LogP contribution is 2.16. The van der Waals surface area contributed by atoms with E-state index in [1.54, 1.807) is 12.1 Å². The van der Waals surface area contributed by atoms with Crippen LogP contribution in [-0.2, 0) is 17.9 Å². The van der Waals surface area contributed by atoms with E-state index in [2.05, 4.69) is 5.10 Å². The minimum absolute atomic E-state index is 0.237. The number of aryl methyl sites for hydroxylation is 2. The molecular weight excluding hydrogens is 366 g/mol. The van der Waals surface area contributed by atoms with Crippen LogP contribution in [0.5, 0.6) is 0 Å². The van der Waals surface area contributed by atoms with E-state index in [0.717, 1.165) is 22.5 Å². The molecule has 0 radical (unpaired) electrons. The third kappa shape index (κ3) is 4.90. The SMILES string of the molecule is Cc1cc(C)n(Cc2ccc(C(=O)N(Cc3ccccc3)C(C)C(=O)O)cc2)n1. The van der Waals surface area contributed by atoms with Gasteiger partial charge in [0, 0.05) is 17.8 Å². The highest BCUT2D eigenvalue weighted by atomic mass is 16.4. The van der Waals surface area contributed by atoms with Gasteiger partial charge >= 0.3 is 5.97 Å². The molecule has 0 aliphatic heterocycles. The van der Waals surface area contributed by atoms with Gasteiger partial charge in [-0.1, -0.05) is 42.5 Å². The highest BCUT2D eigenvalue weighted by Gasteiger charge is 2.26. The first kappa shape index (κ1) is 20.3. The molecular formula is C23H25N3O3. The Morgan fingerprint density at radius 1 is 1.03 bits per heavy atom. The first-order valence-electron chi connectivity index (χ1n) is 9.53. The maximum atomic E-state index is 13.1. The molecule has 0 fully saturated rings. The number of aromatic nitrogens is 2. The van der Waals surface area contributed by atoms with E-state index in [4.69, 9.17) is 0 Å². The molecule has 1 atom stereocenters. The smallest absolute Gasteiger partial charge is 0.326 e. The average molecular weight is 391 g/mol. The van der Waals surface area contributed by atoms with Crippen LogP contribution >= 0.6 is 0 Å². The van der Waals surface area contributed by atoms with Gasteiger partial charge in [0.1, 0.15) is 6.04 Å². The summed E-state index contributed by atoms with van der Waals surface area (Å²) in [5.74, 6) is -1.34. The topological polar surface area (TPSA) is 75.4 Å². The van der Waals surface area contributed by atoms with Gasteiger partial charge in [0.15, 0.2) is 0 Å². The van der Waals surface area contributed by atoms with Gasteiger partial charge in [-0.15, -0.1) is 0 Å². The summed E-state index contributed by atoms with van der Waals surface area (Å²) >= 11 is 0. The summed E-state index contributed by atoms with van der Waals surface area (Å²) in [5.41, 5.74) is 4.41. The van der Waals surface area contributed by atoms with Crippen molar-refractivity contribution in [1.29, 1.82) is 0 Å². The number of hydrogen-bond donors (Lipinski definition) is 1. The molecule has 1 aromatic heterocycles. The van der Waals surface area contributed by atoms with E-state index in [9.17, 15) is 14.7 Å². The predicted molar refractivity (Wildman–Crippen MR) is 111 cm³/mol. The Labute approximate surface area is 170 Å².